The Balaban J connectivity index is 3.82. The van der Waals surface area contributed by atoms with Gasteiger partial charge in [-0.05, 0) is 12.8 Å². The molecule has 1 unspecified atom stereocenters. The Morgan fingerprint density at radius 1 is 0.415 bits per heavy atom. The Morgan fingerprint density at radius 3 is 0.962 bits per heavy atom. The van der Waals surface area contributed by atoms with E-state index in [0.29, 0.717) is 6.42 Å². The zero-order valence-corrected chi connectivity index (χ0v) is 35.8. The molecule has 0 fully saturated rings. The van der Waals surface area contributed by atoms with Crippen molar-refractivity contribution in [3.05, 3.63) is 0 Å². The fourth-order valence-corrected chi connectivity index (χ4v) is 7.32. The highest BCUT2D eigenvalue weighted by molar-refractivity contribution is 7.46. The van der Waals surface area contributed by atoms with Gasteiger partial charge < -0.3 is 19.3 Å². The lowest BCUT2D eigenvalue weighted by Gasteiger charge is -2.18. The van der Waals surface area contributed by atoms with Gasteiger partial charge in [-0.2, -0.15) is 0 Å². The van der Waals surface area contributed by atoms with Gasteiger partial charge >= 0.3 is 19.8 Å². The summed E-state index contributed by atoms with van der Waals surface area (Å²) >= 11 is 0. The number of ether oxygens (including phenoxy) is 2. The molecule has 0 bridgehead atoms. The van der Waals surface area contributed by atoms with Gasteiger partial charge in [0.15, 0.2) is 6.10 Å². The first-order chi connectivity index (χ1) is 25.8. The van der Waals surface area contributed by atoms with Crippen LogP contribution in [0.2, 0.25) is 0 Å². The Labute approximate surface area is 327 Å². The maximum Gasteiger partial charge on any atom is 0.469 e. The van der Waals surface area contributed by atoms with Crippen molar-refractivity contribution in [3.8, 4) is 0 Å². The summed E-state index contributed by atoms with van der Waals surface area (Å²) in [6.07, 6.45) is 44.0. The average molecular weight is 775 g/mol. The summed E-state index contributed by atoms with van der Waals surface area (Å²) < 4.78 is 26.5. The molecule has 316 valence electrons. The van der Waals surface area contributed by atoms with Gasteiger partial charge in [-0.3, -0.25) is 14.1 Å². The van der Waals surface area contributed by atoms with Gasteiger partial charge in [-0.15, -0.1) is 0 Å². The number of phosphoric acid groups is 1. The fraction of sp³-hybridized carbons (Fsp3) is 0.955. The van der Waals surface area contributed by atoms with Crippen molar-refractivity contribution >= 4 is 19.8 Å². The fourth-order valence-electron chi connectivity index (χ4n) is 6.96. The molecule has 2 N–H and O–H groups in total. The molecular formula is C44H87O8P. The minimum Gasteiger partial charge on any atom is -0.462 e. The molecule has 0 aromatic rings. The molecule has 9 heteroatoms. The molecule has 0 aliphatic rings. The van der Waals surface area contributed by atoms with E-state index in [-0.39, 0.29) is 19.4 Å². The highest BCUT2D eigenvalue weighted by Gasteiger charge is 2.23. The number of hydrogen-bond donors (Lipinski definition) is 2. The first-order valence-electron chi connectivity index (χ1n) is 22.8. The second-order valence-electron chi connectivity index (χ2n) is 15.7. The van der Waals surface area contributed by atoms with Gasteiger partial charge in [0.2, 0.25) is 0 Å². The van der Waals surface area contributed by atoms with Crippen molar-refractivity contribution in [3.63, 3.8) is 0 Å². The van der Waals surface area contributed by atoms with E-state index in [0.717, 1.165) is 32.1 Å². The number of carbonyl (C=O) groups is 2. The van der Waals surface area contributed by atoms with E-state index in [1.807, 2.05) is 0 Å². The third kappa shape index (κ3) is 43.6. The van der Waals surface area contributed by atoms with Crippen molar-refractivity contribution in [1.82, 2.24) is 0 Å². The van der Waals surface area contributed by atoms with Crippen LogP contribution in [0.5, 0.6) is 0 Å². The smallest absolute Gasteiger partial charge is 0.462 e. The molecule has 1 atom stereocenters. The van der Waals surface area contributed by atoms with Crippen LogP contribution in [-0.2, 0) is 28.2 Å². The van der Waals surface area contributed by atoms with Crippen LogP contribution in [0.15, 0.2) is 0 Å². The van der Waals surface area contributed by atoms with Crippen LogP contribution >= 0.6 is 7.82 Å². The Morgan fingerprint density at radius 2 is 0.679 bits per heavy atom. The topological polar surface area (TPSA) is 119 Å². The quantitative estimate of drug-likeness (QED) is 0.0357. The molecule has 0 aliphatic carbocycles. The summed E-state index contributed by atoms with van der Waals surface area (Å²) in [5.74, 6) is -0.864. The van der Waals surface area contributed by atoms with E-state index in [1.54, 1.807) is 0 Å². The van der Waals surface area contributed by atoms with E-state index in [1.165, 1.54) is 186 Å². The average Bonchev–Trinajstić information content (AvgIpc) is 3.13. The van der Waals surface area contributed by atoms with Crippen LogP contribution in [0.1, 0.15) is 251 Å². The maximum absolute atomic E-state index is 12.4. The standard InChI is InChI=1S/C44H87O8P/c1-3-5-7-9-11-13-15-17-19-21-23-25-27-29-31-33-35-37-39-44(46)52-42(41-51-53(47,48)49)40-50-43(45)38-36-34-32-30-28-26-24-22-20-18-16-14-12-10-8-6-4-2/h42H,3-41H2,1-2H3,(H2,47,48,49). The number of hydrogen-bond acceptors (Lipinski definition) is 6. The molecule has 53 heavy (non-hydrogen) atoms. The molecule has 0 rings (SSSR count). The highest BCUT2D eigenvalue weighted by Crippen LogP contribution is 2.36. The van der Waals surface area contributed by atoms with Crippen molar-refractivity contribution in [2.24, 2.45) is 0 Å². The van der Waals surface area contributed by atoms with Gasteiger partial charge in [0.25, 0.3) is 0 Å². The predicted octanol–water partition coefficient (Wildman–Crippen LogP) is 14.0. The van der Waals surface area contributed by atoms with Gasteiger partial charge in [-0.1, -0.05) is 226 Å². The van der Waals surface area contributed by atoms with Crippen LogP contribution in [0.25, 0.3) is 0 Å². The molecule has 0 heterocycles. The van der Waals surface area contributed by atoms with E-state index < -0.39 is 32.5 Å². The lowest BCUT2D eigenvalue weighted by atomic mass is 10.0. The minimum atomic E-state index is -4.75. The summed E-state index contributed by atoms with van der Waals surface area (Å²) in [5.41, 5.74) is 0. The van der Waals surface area contributed by atoms with Gasteiger partial charge in [0.05, 0.1) is 6.61 Å². The van der Waals surface area contributed by atoms with E-state index in [9.17, 15) is 14.2 Å². The Bertz CT molecular complexity index is 832. The summed E-state index contributed by atoms with van der Waals surface area (Å²) in [4.78, 5) is 42.9. The van der Waals surface area contributed by atoms with E-state index in [2.05, 4.69) is 18.4 Å². The number of phosphoric ester groups is 1. The summed E-state index contributed by atoms with van der Waals surface area (Å²) in [6.45, 7) is 3.73. The normalized spacial score (nSPS) is 12.3. The number of rotatable bonds is 43. The number of carbonyl (C=O) groups excluding carboxylic acids is 2. The number of esters is 2. The predicted molar refractivity (Wildman–Crippen MR) is 221 cm³/mol. The Hall–Kier alpha value is -0.950. The second-order valence-corrected chi connectivity index (χ2v) is 17.0. The molecule has 0 aliphatic heterocycles. The van der Waals surface area contributed by atoms with Crippen molar-refractivity contribution in [1.29, 1.82) is 0 Å². The lowest BCUT2D eigenvalue weighted by molar-refractivity contribution is -0.161. The molecule has 0 amide bonds. The Kier molecular flexibility index (Phi) is 40.0. The van der Waals surface area contributed by atoms with E-state index >= 15 is 0 Å². The molecule has 0 saturated heterocycles. The number of unbranched alkanes of at least 4 members (excludes halogenated alkanes) is 33. The maximum atomic E-state index is 12.4. The van der Waals surface area contributed by atoms with Crippen LogP contribution in [0, 0.1) is 0 Å². The summed E-state index contributed by atoms with van der Waals surface area (Å²) in [5, 5.41) is 0. The SMILES string of the molecule is CCCCCCCCCCCCCCCCCCCCC(=O)OC(COC(=O)CCCCCCCCCCCCCCCCCCC)COP(=O)(O)O. The highest BCUT2D eigenvalue weighted by atomic mass is 31.2. The monoisotopic (exact) mass is 775 g/mol. The zero-order valence-electron chi connectivity index (χ0n) is 34.9. The van der Waals surface area contributed by atoms with Gasteiger partial charge in [-0.25, -0.2) is 4.57 Å². The molecular weight excluding hydrogens is 687 g/mol. The minimum absolute atomic E-state index is 0.221. The van der Waals surface area contributed by atoms with Crippen molar-refractivity contribution in [2.45, 2.75) is 258 Å². The second kappa shape index (κ2) is 40.7. The third-order valence-electron chi connectivity index (χ3n) is 10.4. The summed E-state index contributed by atoms with van der Waals surface area (Å²) in [7, 11) is -4.75. The third-order valence-corrected chi connectivity index (χ3v) is 10.9. The largest absolute Gasteiger partial charge is 0.469 e. The lowest BCUT2D eigenvalue weighted by Crippen LogP contribution is -2.29. The van der Waals surface area contributed by atoms with E-state index in [4.69, 9.17) is 19.3 Å². The molecule has 8 nitrogen and oxygen atoms in total. The van der Waals surface area contributed by atoms with Crippen molar-refractivity contribution < 1.29 is 37.9 Å². The van der Waals surface area contributed by atoms with Crippen molar-refractivity contribution in [2.75, 3.05) is 13.2 Å². The van der Waals surface area contributed by atoms with Crippen LogP contribution in [0.3, 0.4) is 0 Å². The molecule has 0 spiro atoms. The molecule has 0 radical (unpaired) electrons. The summed E-state index contributed by atoms with van der Waals surface area (Å²) in [6, 6.07) is 0. The molecule has 0 saturated carbocycles. The van der Waals surface area contributed by atoms with Gasteiger partial charge in [0, 0.05) is 12.8 Å². The van der Waals surface area contributed by atoms with Crippen LogP contribution in [-0.4, -0.2) is 41.0 Å². The molecule has 0 aromatic carbocycles. The zero-order chi connectivity index (χ0) is 38.9. The first-order valence-corrected chi connectivity index (χ1v) is 24.4. The van der Waals surface area contributed by atoms with Crippen LogP contribution in [0.4, 0.5) is 0 Å². The molecule has 0 aromatic heterocycles. The first kappa shape index (κ1) is 52.0. The van der Waals surface area contributed by atoms with Gasteiger partial charge in [0.1, 0.15) is 6.61 Å². The van der Waals surface area contributed by atoms with Crippen LogP contribution < -0.4 is 0 Å².